The van der Waals surface area contributed by atoms with Crippen LogP contribution in [0.5, 0.6) is 0 Å². The standard InChI is InChI=1S/C20H23Cl2O5P/c1-4-23-28(24-5-2,25-6-3)26-19(15-11-13-16(21)14-12-15)20(27-28)17-9-7-8-10-18(17)22/h7-14H,4-6H2,1-3H3. The second kappa shape index (κ2) is 8.58. The minimum absolute atomic E-state index is 0.279. The molecule has 28 heavy (non-hydrogen) atoms. The van der Waals surface area contributed by atoms with Crippen molar-refractivity contribution in [2.24, 2.45) is 0 Å². The van der Waals surface area contributed by atoms with Gasteiger partial charge in [-0.15, -0.1) is 0 Å². The van der Waals surface area contributed by atoms with Crippen LogP contribution in [0.4, 0.5) is 0 Å². The van der Waals surface area contributed by atoms with Gasteiger partial charge in [-0.2, -0.15) is 0 Å². The Labute approximate surface area is 175 Å². The van der Waals surface area contributed by atoms with Gasteiger partial charge < -0.3 is 0 Å². The van der Waals surface area contributed by atoms with E-state index < -0.39 is 7.74 Å². The number of hydrogen-bond donors (Lipinski definition) is 0. The van der Waals surface area contributed by atoms with E-state index >= 15 is 0 Å². The number of benzene rings is 2. The summed E-state index contributed by atoms with van der Waals surface area (Å²) in [5.41, 5.74) is 1.39. The van der Waals surface area contributed by atoms with Gasteiger partial charge in [0.2, 0.25) is 0 Å². The number of rotatable bonds is 8. The first-order valence-corrected chi connectivity index (χ1v) is 11.7. The summed E-state index contributed by atoms with van der Waals surface area (Å²) in [4.78, 5) is 0. The van der Waals surface area contributed by atoms with E-state index in [9.17, 15) is 0 Å². The van der Waals surface area contributed by atoms with Crippen molar-refractivity contribution in [1.82, 2.24) is 0 Å². The SMILES string of the molecule is CCOP1(OCC)(OCC)OC(c2ccc(Cl)cc2)=C(c2ccccc2Cl)O1. The van der Waals surface area contributed by atoms with Gasteiger partial charge in [0, 0.05) is 0 Å². The van der Waals surface area contributed by atoms with Gasteiger partial charge in [-0.05, 0) is 0 Å². The van der Waals surface area contributed by atoms with Gasteiger partial charge in [-0.3, -0.25) is 0 Å². The van der Waals surface area contributed by atoms with Crippen LogP contribution in [0.3, 0.4) is 0 Å². The van der Waals surface area contributed by atoms with E-state index in [2.05, 4.69) is 0 Å². The van der Waals surface area contributed by atoms with E-state index in [1.165, 1.54) is 0 Å². The first-order valence-electron chi connectivity index (χ1n) is 9.09. The molecule has 0 N–H and O–H groups in total. The first kappa shape index (κ1) is 21.4. The van der Waals surface area contributed by atoms with E-state index in [1.807, 2.05) is 51.1 Å². The predicted molar refractivity (Wildman–Crippen MR) is 114 cm³/mol. The Morgan fingerprint density at radius 2 is 1.29 bits per heavy atom. The van der Waals surface area contributed by atoms with E-state index in [0.717, 1.165) is 5.56 Å². The Kier molecular flexibility index (Phi) is 6.55. The zero-order valence-corrected chi connectivity index (χ0v) is 18.4. The maximum absolute atomic E-state index is 6.45. The van der Waals surface area contributed by atoms with Crippen LogP contribution in [-0.2, 0) is 22.6 Å². The van der Waals surface area contributed by atoms with Gasteiger partial charge in [0.05, 0.1) is 0 Å². The molecule has 3 rings (SSSR count). The molecule has 0 unspecified atom stereocenters. The van der Waals surface area contributed by atoms with E-state index in [-0.39, 0.29) is 19.8 Å². The molecule has 0 fully saturated rings. The van der Waals surface area contributed by atoms with Gasteiger partial charge in [0.15, 0.2) is 0 Å². The molecule has 0 atom stereocenters. The van der Waals surface area contributed by atoms with Crippen LogP contribution in [0.25, 0.3) is 11.5 Å². The van der Waals surface area contributed by atoms with Crippen molar-refractivity contribution >= 4 is 42.5 Å². The molecule has 0 aliphatic carbocycles. The molecule has 2 aromatic rings. The van der Waals surface area contributed by atoms with Crippen molar-refractivity contribution in [1.29, 1.82) is 0 Å². The van der Waals surface area contributed by atoms with Crippen LogP contribution in [0.2, 0.25) is 10.0 Å². The van der Waals surface area contributed by atoms with E-state index in [0.29, 0.717) is 27.1 Å². The summed E-state index contributed by atoms with van der Waals surface area (Å²) in [6.07, 6.45) is 0. The van der Waals surface area contributed by atoms with Gasteiger partial charge >= 0.3 is 175 Å². The van der Waals surface area contributed by atoms with E-state index in [4.69, 9.17) is 45.8 Å². The average molecular weight is 445 g/mol. The fraction of sp³-hybridized carbons (Fsp3) is 0.300. The third-order valence-electron chi connectivity index (χ3n) is 3.93. The number of halogens is 2. The molecular weight excluding hydrogens is 422 g/mol. The van der Waals surface area contributed by atoms with Crippen LogP contribution in [0.15, 0.2) is 48.5 Å². The fourth-order valence-electron chi connectivity index (χ4n) is 2.90. The molecule has 0 aromatic heterocycles. The Bertz CT molecular complexity index is 849. The van der Waals surface area contributed by atoms with Gasteiger partial charge in [-0.1, -0.05) is 0 Å². The second-order valence-corrected chi connectivity index (χ2v) is 9.30. The minimum atomic E-state index is -4.37. The van der Waals surface area contributed by atoms with E-state index in [1.54, 1.807) is 18.2 Å². The molecule has 0 saturated heterocycles. The van der Waals surface area contributed by atoms with Crippen molar-refractivity contribution in [2.45, 2.75) is 20.8 Å². The predicted octanol–water partition coefficient (Wildman–Crippen LogP) is 7.10. The summed E-state index contributed by atoms with van der Waals surface area (Å²) in [6.45, 7) is 6.32. The summed E-state index contributed by atoms with van der Waals surface area (Å²) < 4.78 is 30.5. The summed E-state index contributed by atoms with van der Waals surface area (Å²) in [6, 6.07) is 14.5. The third kappa shape index (κ3) is 4.02. The van der Waals surface area contributed by atoms with Crippen LogP contribution in [-0.4, -0.2) is 19.8 Å². The topological polar surface area (TPSA) is 46.2 Å². The Morgan fingerprint density at radius 1 is 0.750 bits per heavy atom. The van der Waals surface area contributed by atoms with Crippen LogP contribution >= 0.6 is 30.9 Å². The molecule has 0 spiro atoms. The molecule has 0 bridgehead atoms. The van der Waals surface area contributed by atoms with Crippen LogP contribution < -0.4 is 0 Å². The molecule has 1 heterocycles. The van der Waals surface area contributed by atoms with Crippen molar-refractivity contribution in [3.8, 4) is 0 Å². The molecule has 0 amide bonds. The Balaban J connectivity index is 2.20. The molecule has 0 saturated carbocycles. The van der Waals surface area contributed by atoms with Crippen molar-refractivity contribution in [3.63, 3.8) is 0 Å². The Hall–Kier alpha value is -1.33. The molecule has 0 radical (unpaired) electrons. The summed E-state index contributed by atoms with van der Waals surface area (Å²) in [5.74, 6) is 0.832. The molecule has 2 aromatic carbocycles. The maximum atomic E-state index is 6.45. The van der Waals surface area contributed by atoms with Gasteiger partial charge in [-0.25, -0.2) is 0 Å². The number of hydrogen-bond acceptors (Lipinski definition) is 5. The van der Waals surface area contributed by atoms with Crippen molar-refractivity contribution < 1.29 is 22.6 Å². The second-order valence-electron chi connectivity index (χ2n) is 5.83. The molecule has 1 aliphatic heterocycles. The average Bonchev–Trinajstić information content (AvgIpc) is 2.99. The van der Waals surface area contributed by atoms with Crippen LogP contribution in [0, 0.1) is 0 Å². The molecule has 152 valence electrons. The van der Waals surface area contributed by atoms with Gasteiger partial charge in [0.25, 0.3) is 0 Å². The summed E-state index contributed by atoms with van der Waals surface area (Å²) in [7, 11) is -4.37. The summed E-state index contributed by atoms with van der Waals surface area (Å²) in [5, 5.41) is 1.12. The van der Waals surface area contributed by atoms with Crippen LogP contribution in [0.1, 0.15) is 31.9 Å². The molecule has 8 heteroatoms. The van der Waals surface area contributed by atoms with Crippen molar-refractivity contribution in [2.75, 3.05) is 19.8 Å². The van der Waals surface area contributed by atoms with Gasteiger partial charge in [0.1, 0.15) is 0 Å². The Morgan fingerprint density at radius 3 is 1.82 bits per heavy atom. The summed E-state index contributed by atoms with van der Waals surface area (Å²) >= 11 is 12.5. The zero-order chi connectivity index (χ0) is 20.2. The molecular formula is C20H23Cl2O5P. The molecule has 5 nitrogen and oxygen atoms in total. The quantitative estimate of drug-likeness (QED) is 0.406. The molecule has 1 aliphatic rings. The zero-order valence-electron chi connectivity index (χ0n) is 16.0. The normalized spacial score (nSPS) is 18.8. The monoisotopic (exact) mass is 444 g/mol. The first-order chi connectivity index (χ1) is 13.5. The van der Waals surface area contributed by atoms with Crippen molar-refractivity contribution in [3.05, 3.63) is 69.7 Å². The fourth-order valence-corrected chi connectivity index (χ4v) is 6.06. The third-order valence-corrected chi connectivity index (χ3v) is 7.51.